The minimum absolute atomic E-state index is 0.357. The van der Waals surface area contributed by atoms with Crippen molar-refractivity contribution in [1.82, 2.24) is 4.98 Å². The van der Waals surface area contributed by atoms with Crippen LogP contribution in [-0.4, -0.2) is 23.3 Å². The number of nitrogens with two attached hydrogens (primary N) is 1. The molecule has 1 saturated heterocycles. The molecule has 0 saturated carbocycles. The molecule has 1 aromatic rings. The first-order valence-corrected chi connectivity index (χ1v) is 5.86. The van der Waals surface area contributed by atoms with Crippen LogP contribution in [0.15, 0.2) is 24.4 Å². The molecule has 0 aromatic carbocycles. The Morgan fingerprint density at radius 1 is 1.18 bits per heavy atom. The van der Waals surface area contributed by atoms with Gasteiger partial charge in [-0.1, -0.05) is 6.07 Å². The van der Waals surface area contributed by atoms with Gasteiger partial charge in [-0.05, 0) is 39.8 Å². The fourth-order valence-electron chi connectivity index (χ4n) is 1.75. The van der Waals surface area contributed by atoms with Crippen molar-refractivity contribution >= 4 is 7.12 Å². The maximum Gasteiger partial charge on any atom is 0.482 e. The average molecular weight is 234 g/mol. The Hall–Kier alpha value is -0.905. The van der Waals surface area contributed by atoms with E-state index >= 15 is 0 Å². The van der Waals surface area contributed by atoms with E-state index in [9.17, 15) is 0 Å². The molecule has 17 heavy (non-hydrogen) atoms. The fourth-order valence-corrected chi connectivity index (χ4v) is 1.75. The summed E-state index contributed by atoms with van der Waals surface area (Å²) in [5.74, 6) is -0.364. The zero-order valence-electron chi connectivity index (χ0n) is 10.8. The number of hydrogen-bond donors (Lipinski definition) is 1. The van der Waals surface area contributed by atoms with Crippen LogP contribution in [0.3, 0.4) is 0 Å². The van der Waals surface area contributed by atoms with Gasteiger partial charge in [0.1, 0.15) is 0 Å². The summed E-state index contributed by atoms with van der Waals surface area (Å²) in [5, 5.41) is 0. The molecule has 1 aromatic heterocycles. The first-order chi connectivity index (χ1) is 7.83. The number of pyridine rings is 1. The summed E-state index contributed by atoms with van der Waals surface area (Å²) in [4.78, 5) is 4.23. The second kappa shape index (κ2) is 4.08. The lowest BCUT2D eigenvalue weighted by Crippen LogP contribution is -2.41. The predicted molar refractivity (Wildman–Crippen MR) is 67.2 cm³/mol. The van der Waals surface area contributed by atoms with E-state index < -0.39 is 7.12 Å². The smallest absolute Gasteiger partial charge is 0.402 e. The summed E-state index contributed by atoms with van der Waals surface area (Å²) in [7, 11) is -0.449. The largest absolute Gasteiger partial charge is 0.482 e. The van der Waals surface area contributed by atoms with Crippen molar-refractivity contribution < 1.29 is 9.31 Å². The molecule has 2 rings (SSSR count). The average Bonchev–Trinajstić information content (AvgIpc) is 2.48. The Morgan fingerprint density at radius 3 is 2.24 bits per heavy atom. The highest BCUT2D eigenvalue weighted by molar-refractivity contribution is 6.47. The van der Waals surface area contributed by atoms with E-state index in [4.69, 9.17) is 15.0 Å². The standard InChI is InChI=1S/C12H19BN2O2/c1-11(2)12(3,4)17-13(16-11)10(14)9-7-5-6-8-15-9/h5-8,10H,14H2,1-4H3/t10-/m1/s1. The summed E-state index contributed by atoms with van der Waals surface area (Å²) >= 11 is 0. The maximum atomic E-state index is 6.13. The molecule has 0 bridgehead atoms. The molecule has 1 fully saturated rings. The van der Waals surface area contributed by atoms with Crippen molar-refractivity contribution in [2.45, 2.75) is 44.8 Å². The third kappa shape index (κ3) is 2.23. The van der Waals surface area contributed by atoms with Crippen molar-refractivity contribution in [2.75, 3.05) is 0 Å². The lowest BCUT2D eigenvalue weighted by Gasteiger charge is -2.32. The zero-order valence-corrected chi connectivity index (χ0v) is 10.8. The Morgan fingerprint density at radius 2 is 1.76 bits per heavy atom. The Balaban J connectivity index is 2.17. The summed E-state index contributed by atoms with van der Waals surface area (Å²) in [5.41, 5.74) is 6.20. The second-order valence-corrected chi connectivity index (χ2v) is 5.41. The van der Waals surface area contributed by atoms with Gasteiger partial charge in [0, 0.05) is 6.20 Å². The van der Waals surface area contributed by atoms with E-state index in [1.54, 1.807) is 6.20 Å². The molecule has 0 spiro atoms. The Kier molecular flexibility index (Phi) is 3.02. The quantitative estimate of drug-likeness (QED) is 0.791. The number of nitrogens with zero attached hydrogens (tertiary/aromatic N) is 1. The van der Waals surface area contributed by atoms with E-state index in [2.05, 4.69) is 4.98 Å². The normalized spacial score (nSPS) is 23.7. The van der Waals surface area contributed by atoms with E-state index in [0.29, 0.717) is 0 Å². The van der Waals surface area contributed by atoms with Gasteiger partial charge in [0.15, 0.2) is 0 Å². The second-order valence-electron chi connectivity index (χ2n) is 5.41. The molecule has 0 amide bonds. The van der Waals surface area contributed by atoms with Crippen LogP contribution < -0.4 is 5.73 Å². The van der Waals surface area contributed by atoms with E-state index in [0.717, 1.165) is 5.69 Å². The molecular formula is C12H19BN2O2. The molecule has 1 aliphatic rings. The van der Waals surface area contributed by atoms with Crippen molar-refractivity contribution in [2.24, 2.45) is 5.73 Å². The highest BCUT2D eigenvalue weighted by Gasteiger charge is 2.53. The van der Waals surface area contributed by atoms with Gasteiger partial charge in [-0.3, -0.25) is 4.98 Å². The summed E-state index contributed by atoms with van der Waals surface area (Å²) in [6.45, 7) is 8.05. The highest BCUT2D eigenvalue weighted by atomic mass is 16.7. The molecule has 2 N–H and O–H groups in total. The van der Waals surface area contributed by atoms with E-state index in [1.807, 2.05) is 45.9 Å². The molecule has 2 heterocycles. The van der Waals surface area contributed by atoms with Crippen LogP contribution in [0.4, 0.5) is 0 Å². The van der Waals surface area contributed by atoms with Gasteiger partial charge in [-0.25, -0.2) is 0 Å². The fraction of sp³-hybridized carbons (Fsp3) is 0.583. The van der Waals surface area contributed by atoms with Gasteiger partial charge >= 0.3 is 7.12 Å². The SMILES string of the molecule is CC1(C)OB([C@H](N)c2ccccn2)OC1(C)C. The highest BCUT2D eigenvalue weighted by Crippen LogP contribution is 2.39. The molecule has 4 nitrogen and oxygen atoms in total. The first-order valence-electron chi connectivity index (χ1n) is 5.86. The van der Waals surface area contributed by atoms with Crippen molar-refractivity contribution in [1.29, 1.82) is 0 Å². The van der Waals surface area contributed by atoms with Crippen molar-refractivity contribution in [3.8, 4) is 0 Å². The zero-order chi connectivity index (χ0) is 12.7. The minimum Gasteiger partial charge on any atom is -0.402 e. The molecular weight excluding hydrogens is 215 g/mol. The van der Waals surface area contributed by atoms with Gasteiger partial charge in [0.2, 0.25) is 0 Å². The third-order valence-corrected chi connectivity index (χ3v) is 3.59. The topological polar surface area (TPSA) is 57.4 Å². The van der Waals surface area contributed by atoms with Gasteiger partial charge in [0.25, 0.3) is 0 Å². The third-order valence-electron chi connectivity index (χ3n) is 3.59. The number of aromatic nitrogens is 1. The summed E-state index contributed by atoms with van der Waals surface area (Å²) in [6, 6.07) is 5.66. The van der Waals surface area contributed by atoms with Crippen LogP contribution in [0.1, 0.15) is 39.3 Å². The van der Waals surface area contributed by atoms with Crippen LogP contribution in [0, 0.1) is 0 Å². The summed E-state index contributed by atoms with van der Waals surface area (Å²) in [6.07, 6.45) is 1.72. The van der Waals surface area contributed by atoms with Crippen LogP contribution >= 0.6 is 0 Å². The van der Waals surface area contributed by atoms with Gasteiger partial charge in [-0.2, -0.15) is 0 Å². The monoisotopic (exact) mass is 234 g/mol. The number of hydrogen-bond acceptors (Lipinski definition) is 4. The van der Waals surface area contributed by atoms with E-state index in [-0.39, 0.29) is 17.1 Å². The van der Waals surface area contributed by atoms with Gasteiger partial charge in [-0.15, -0.1) is 0 Å². The van der Waals surface area contributed by atoms with Crippen LogP contribution in [0.5, 0.6) is 0 Å². The van der Waals surface area contributed by atoms with Gasteiger partial charge < -0.3 is 15.0 Å². The maximum absolute atomic E-state index is 6.13. The molecule has 0 radical (unpaired) electrons. The Bertz CT molecular complexity index is 379. The molecule has 0 aliphatic carbocycles. The molecule has 5 heteroatoms. The predicted octanol–water partition coefficient (Wildman–Crippen LogP) is 1.71. The lowest BCUT2D eigenvalue weighted by atomic mass is 9.77. The van der Waals surface area contributed by atoms with Crippen molar-refractivity contribution in [3.05, 3.63) is 30.1 Å². The number of rotatable bonds is 2. The molecule has 1 atom stereocenters. The van der Waals surface area contributed by atoms with Crippen LogP contribution in [-0.2, 0) is 9.31 Å². The van der Waals surface area contributed by atoms with Crippen molar-refractivity contribution in [3.63, 3.8) is 0 Å². The molecule has 92 valence electrons. The Labute approximate surface area is 103 Å². The lowest BCUT2D eigenvalue weighted by molar-refractivity contribution is 0.00578. The minimum atomic E-state index is -0.449. The molecule has 0 unspecified atom stereocenters. The van der Waals surface area contributed by atoms with E-state index in [1.165, 1.54) is 0 Å². The van der Waals surface area contributed by atoms with Gasteiger partial charge in [0.05, 0.1) is 22.8 Å². The summed E-state index contributed by atoms with van der Waals surface area (Å²) < 4.78 is 11.8. The van der Waals surface area contributed by atoms with Crippen LogP contribution in [0.25, 0.3) is 0 Å². The van der Waals surface area contributed by atoms with Crippen LogP contribution in [0.2, 0.25) is 0 Å². The molecule has 1 aliphatic heterocycles. The first kappa shape index (κ1) is 12.5.